The van der Waals surface area contributed by atoms with Crippen molar-refractivity contribution in [3.63, 3.8) is 0 Å². The van der Waals surface area contributed by atoms with Gasteiger partial charge in [0.2, 0.25) is 11.8 Å². The number of H-pyrrole nitrogens is 1. The number of hydrogen-bond donors (Lipinski definition) is 1. The molecule has 6 nitrogen and oxygen atoms in total. The van der Waals surface area contributed by atoms with E-state index in [-0.39, 0.29) is 12.3 Å². The van der Waals surface area contributed by atoms with Crippen LogP contribution >= 0.6 is 0 Å². The Hall–Kier alpha value is -1.73. The molecule has 1 saturated heterocycles. The van der Waals surface area contributed by atoms with Crippen LogP contribution in [0.3, 0.4) is 0 Å². The maximum atomic E-state index is 13.2. The van der Waals surface area contributed by atoms with Crippen LogP contribution in [-0.2, 0) is 4.79 Å². The number of piperidine rings is 1. The van der Waals surface area contributed by atoms with E-state index in [1.807, 2.05) is 0 Å². The predicted octanol–water partition coefficient (Wildman–Crippen LogP) is 1.11. The van der Waals surface area contributed by atoms with Gasteiger partial charge in [0.1, 0.15) is 5.41 Å². The van der Waals surface area contributed by atoms with Crippen LogP contribution in [-0.4, -0.2) is 40.0 Å². The van der Waals surface area contributed by atoms with E-state index in [0.717, 1.165) is 0 Å². The quantitative estimate of drug-likeness (QED) is 0.884. The van der Waals surface area contributed by atoms with Crippen molar-refractivity contribution in [2.24, 2.45) is 5.41 Å². The van der Waals surface area contributed by atoms with Gasteiger partial charge in [-0.3, -0.25) is 4.79 Å². The van der Waals surface area contributed by atoms with E-state index in [1.54, 1.807) is 0 Å². The fourth-order valence-corrected chi connectivity index (χ4v) is 2.73. The van der Waals surface area contributed by atoms with E-state index in [1.165, 1.54) is 11.8 Å². The molecule has 1 amide bonds. The summed E-state index contributed by atoms with van der Waals surface area (Å²) in [6, 6.07) is 0. The molecule has 2 aliphatic rings. The first kappa shape index (κ1) is 13.3. The van der Waals surface area contributed by atoms with E-state index >= 15 is 0 Å². The largest absolute Gasteiger partial charge is 0.434 e. The molecule has 1 aromatic rings. The molecular formula is C12H15F2N3O3. The molecule has 1 aliphatic carbocycles. The molecule has 2 fully saturated rings. The van der Waals surface area contributed by atoms with Crippen molar-refractivity contribution in [1.82, 2.24) is 15.1 Å². The zero-order chi connectivity index (χ0) is 14.5. The van der Waals surface area contributed by atoms with Crippen LogP contribution in [0.25, 0.3) is 0 Å². The number of nitrogens with zero attached hydrogens (tertiary/aromatic N) is 2. The van der Waals surface area contributed by atoms with Gasteiger partial charge in [-0.1, -0.05) is 0 Å². The van der Waals surface area contributed by atoms with Gasteiger partial charge in [-0.05, 0) is 19.8 Å². The Labute approximate surface area is 113 Å². The van der Waals surface area contributed by atoms with Crippen LogP contribution in [0.2, 0.25) is 0 Å². The number of aromatic nitrogens is 2. The Balaban J connectivity index is 1.62. The number of likely N-dealkylation sites (tertiary alicyclic amines) is 1. The highest BCUT2D eigenvalue weighted by Crippen LogP contribution is 2.61. The number of halogens is 2. The van der Waals surface area contributed by atoms with Crippen LogP contribution in [0.1, 0.15) is 38.0 Å². The van der Waals surface area contributed by atoms with E-state index in [4.69, 9.17) is 4.42 Å². The number of carbonyl (C=O) groups excluding carboxylic acids is 1. The van der Waals surface area contributed by atoms with Gasteiger partial charge in [0.05, 0.1) is 0 Å². The monoisotopic (exact) mass is 287 g/mol. The van der Waals surface area contributed by atoms with Crippen LogP contribution in [0.5, 0.6) is 0 Å². The standard InChI is InChI=1S/C12H15F2N3O3/c1-11(6-12(11,13)14)9(18)17-4-2-7(3-5-17)8-15-16-10(19)20-8/h7H,2-6H2,1H3,(H,16,19). The molecule has 8 heteroatoms. The van der Waals surface area contributed by atoms with Crippen LogP contribution in [0, 0.1) is 5.41 Å². The number of rotatable bonds is 2. The summed E-state index contributed by atoms with van der Waals surface area (Å²) in [5.74, 6) is -3.70. The second kappa shape index (κ2) is 4.13. The van der Waals surface area contributed by atoms with E-state index < -0.39 is 23.0 Å². The molecule has 1 saturated carbocycles. The minimum Gasteiger partial charge on any atom is -0.392 e. The fourth-order valence-electron chi connectivity index (χ4n) is 2.73. The summed E-state index contributed by atoms with van der Waals surface area (Å²) in [5.41, 5.74) is -1.53. The number of hydrogen-bond acceptors (Lipinski definition) is 4. The van der Waals surface area contributed by atoms with Gasteiger partial charge in [-0.25, -0.2) is 18.7 Å². The summed E-state index contributed by atoms with van der Waals surface area (Å²) in [6.45, 7) is 2.08. The van der Waals surface area contributed by atoms with Crippen molar-refractivity contribution >= 4 is 5.91 Å². The summed E-state index contributed by atoms with van der Waals surface area (Å²) in [4.78, 5) is 24.5. The molecule has 0 spiro atoms. The van der Waals surface area contributed by atoms with Crippen molar-refractivity contribution in [2.75, 3.05) is 13.1 Å². The van der Waals surface area contributed by atoms with Gasteiger partial charge < -0.3 is 9.32 Å². The molecule has 20 heavy (non-hydrogen) atoms. The number of alkyl halides is 2. The SMILES string of the molecule is CC1(C(=O)N2CCC(c3n[nH]c(=O)o3)CC2)CC1(F)F. The van der Waals surface area contributed by atoms with Gasteiger partial charge in [0.15, 0.2) is 0 Å². The lowest BCUT2D eigenvalue weighted by Gasteiger charge is -2.32. The van der Waals surface area contributed by atoms with E-state index in [9.17, 15) is 18.4 Å². The molecule has 2 heterocycles. The topological polar surface area (TPSA) is 79.2 Å². The molecule has 0 bridgehead atoms. The Bertz CT molecular complexity index is 589. The maximum absolute atomic E-state index is 13.2. The third-order valence-corrected chi connectivity index (χ3v) is 4.32. The molecule has 3 rings (SSSR count). The van der Waals surface area contributed by atoms with Crippen molar-refractivity contribution in [2.45, 2.75) is 38.0 Å². The average molecular weight is 287 g/mol. The third kappa shape index (κ3) is 1.94. The number of amides is 1. The molecule has 1 N–H and O–H groups in total. The zero-order valence-corrected chi connectivity index (χ0v) is 11.0. The Morgan fingerprint density at radius 1 is 1.45 bits per heavy atom. The Morgan fingerprint density at radius 3 is 2.50 bits per heavy atom. The van der Waals surface area contributed by atoms with Gasteiger partial charge in [-0.2, -0.15) is 0 Å². The first-order valence-corrected chi connectivity index (χ1v) is 6.56. The van der Waals surface area contributed by atoms with Gasteiger partial charge in [-0.15, -0.1) is 5.10 Å². The second-order valence-electron chi connectivity index (χ2n) is 5.73. The van der Waals surface area contributed by atoms with Gasteiger partial charge in [0.25, 0.3) is 5.92 Å². The molecule has 1 aliphatic heterocycles. The van der Waals surface area contributed by atoms with Crippen LogP contribution in [0.15, 0.2) is 9.21 Å². The van der Waals surface area contributed by atoms with Crippen molar-refractivity contribution in [1.29, 1.82) is 0 Å². The molecule has 1 unspecified atom stereocenters. The Morgan fingerprint density at radius 2 is 2.05 bits per heavy atom. The maximum Gasteiger partial charge on any atom is 0.434 e. The van der Waals surface area contributed by atoms with Crippen molar-refractivity contribution in [3.05, 3.63) is 16.4 Å². The molecular weight excluding hydrogens is 272 g/mol. The summed E-state index contributed by atoms with van der Waals surface area (Å²) < 4.78 is 31.3. The summed E-state index contributed by atoms with van der Waals surface area (Å²) in [7, 11) is 0. The fraction of sp³-hybridized carbons (Fsp3) is 0.750. The highest BCUT2D eigenvalue weighted by Gasteiger charge is 2.73. The van der Waals surface area contributed by atoms with Crippen molar-refractivity contribution in [3.8, 4) is 0 Å². The average Bonchev–Trinajstić information content (AvgIpc) is 2.75. The summed E-state index contributed by atoms with van der Waals surface area (Å²) >= 11 is 0. The smallest absolute Gasteiger partial charge is 0.392 e. The first-order valence-electron chi connectivity index (χ1n) is 6.56. The summed E-state index contributed by atoms with van der Waals surface area (Å²) in [5, 5.41) is 5.96. The van der Waals surface area contributed by atoms with Crippen LogP contribution < -0.4 is 5.76 Å². The molecule has 110 valence electrons. The number of carbonyl (C=O) groups is 1. The van der Waals surface area contributed by atoms with Crippen molar-refractivity contribution < 1.29 is 18.0 Å². The van der Waals surface area contributed by atoms with Gasteiger partial charge in [0, 0.05) is 25.4 Å². The minimum absolute atomic E-state index is 0.0504. The number of aromatic amines is 1. The highest BCUT2D eigenvalue weighted by atomic mass is 19.3. The molecule has 1 atom stereocenters. The third-order valence-electron chi connectivity index (χ3n) is 4.32. The zero-order valence-electron chi connectivity index (χ0n) is 11.0. The van der Waals surface area contributed by atoms with Gasteiger partial charge >= 0.3 is 5.76 Å². The molecule has 1 aromatic heterocycles. The highest BCUT2D eigenvalue weighted by molar-refractivity contribution is 5.87. The Kier molecular flexibility index (Phi) is 2.74. The predicted molar refractivity (Wildman–Crippen MR) is 63.3 cm³/mol. The summed E-state index contributed by atoms with van der Waals surface area (Å²) in [6.07, 6.45) is 0.745. The molecule has 0 aromatic carbocycles. The first-order chi connectivity index (χ1) is 9.33. The van der Waals surface area contributed by atoms with E-state index in [2.05, 4.69) is 10.2 Å². The second-order valence-corrected chi connectivity index (χ2v) is 5.73. The van der Waals surface area contributed by atoms with E-state index in [0.29, 0.717) is 31.8 Å². The number of nitrogens with one attached hydrogen (secondary N) is 1. The minimum atomic E-state index is -2.88. The normalized spacial score (nSPS) is 29.4. The molecule has 0 radical (unpaired) electrons. The lowest BCUT2D eigenvalue weighted by Crippen LogP contribution is -2.43. The lowest BCUT2D eigenvalue weighted by atomic mass is 9.95. The lowest BCUT2D eigenvalue weighted by molar-refractivity contribution is -0.141. The van der Waals surface area contributed by atoms with Crippen LogP contribution in [0.4, 0.5) is 8.78 Å².